The molecule has 0 aliphatic rings. The van der Waals surface area contributed by atoms with Gasteiger partial charge in [0.15, 0.2) is 0 Å². The first kappa shape index (κ1) is 17.2. The van der Waals surface area contributed by atoms with Gasteiger partial charge in [0.2, 0.25) is 0 Å². The summed E-state index contributed by atoms with van der Waals surface area (Å²) in [5.41, 5.74) is 2.17. The number of carbonyl (C=O) groups is 1. The number of carboxylic acids is 1. The number of furan rings is 1. The molecule has 0 aliphatic carbocycles. The number of nitriles is 1. The Labute approximate surface area is 149 Å². The van der Waals surface area contributed by atoms with Crippen LogP contribution in [0.15, 0.2) is 59.0 Å². The van der Waals surface area contributed by atoms with E-state index in [9.17, 15) is 19.6 Å². The number of nitrogens with zero attached hydrogens (tertiary/aromatic N) is 1. The smallest absolute Gasteiger partial charge is 0.335 e. The average Bonchev–Trinajstić information content (AvgIpc) is 3.08. The van der Waals surface area contributed by atoms with Gasteiger partial charge in [-0.1, -0.05) is 24.3 Å². The van der Waals surface area contributed by atoms with Gasteiger partial charge in [0.05, 0.1) is 17.2 Å². The van der Waals surface area contributed by atoms with Gasteiger partial charge in [-0.2, -0.15) is 5.26 Å². The van der Waals surface area contributed by atoms with E-state index in [1.165, 1.54) is 30.3 Å². The van der Waals surface area contributed by atoms with Gasteiger partial charge in [-0.05, 0) is 54.5 Å². The monoisotopic (exact) mass is 347 g/mol. The summed E-state index contributed by atoms with van der Waals surface area (Å²) >= 11 is 0. The third kappa shape index (κ3) is 3.40. The van der Waals surface area contributed by atoms with E-state index in [0.29, 0.717) is 28.2 Å². The fraction of sp³-hybridized carbons (Fsp3) is 0.0476. The molecule has 0 bridgehead atoms. The molecule has 0 saturated heterocycles. The van der Waals surface area contributed by atoms with Crippen molar-refractivity contribution >= 4 is 17.6 Å². The standard InChI is InChI=1S/C21H14FNO3/c1-13-18(6-3-7-19(13)21(24)25)20-9-8-17(26-20)11-15(12-23)14-4-2-5-16(22)10-14/h2-11H,1H3,(H,24,25)/b15-11-. The molecule has 26 heavy (non-hydrogen) atoms. The normalized spacial score (nSPS) is 11.2. The number of benzene rings is 2. The molecular formula is C21H14FNO3. The summed E-state index contributed by atoms with van der Waals surface area (Å²) in [6.07, 6.45) is 1.52. The molecule has 0 atom stereocenters. The number of rotatable bonds is 4. The Hall–Kier alpha value is -3.65. The van der Waals surface area contributed by atoms with Gasteiger partial charge in [-0.25, -0.2) is 9.18 Å². The number of halogens is 1. The first-order valence-corrected chi connectivity index (χ1v) is 7.80. The quantitative estimate of drug-likeness (QED) is 0.662. The van der Waals surface area contributed by atoms with Gasteiger partial charge in [-0.15, -0.1) is 0 Å². The van der Waals surface area contributed by atoms with Crippen molar-refractivity contribution in [1.29, 1.82) is 5.26 Å². The fourth-order valence-corrected chi connectivity index (χ4v) is 2.69. The third-order valence-electron chi connectivity index (χ3n) is 4.00. The molecule has 0 fully saturated rings. The molecule has 1 aromatic heterocycles. The first-order valence-electron chi connectivity index (χ1n) is 7.80. The third-order valence-corrected chi connectivity index (χ3v) is 4.00. The molecule has 5 heteroatoms. The van der Waals surface area contributed by atoms with Crippen molar-refractivity contribution in [2.75, 3.05) is 0 Å². The topological polar surface area (TPSA) is 74.2 Å². The summed E-state index contributed by atoms with van der Waals surface area (Å²) in [6, 6.07) is 16.1. The summed E-state index contributed by atoms with van der Waals surface area (Å²) in [5, 5.41) is 18.6. The van der Waals surface area contributed by atoms with Crippen LogP contribution in [0.2, 0.25) is 0 Å². The van der Waals surface area contributed by atoms with Crippen molar-refractivity contribution in [3.63, 3.8) is 0 Å². The van der Waals surface area contributed by atoms with Crippen LogP contribution in [0.25, 0.3) is 23.0 Å². The summed E-state index contributed by atoms with van der Waals surface area (Å²) in [7, 11) is 0. The van der Waals surface area contributed by atoms with Gasteiger partial charge >= 0.3 is 5.97 Å². The van der Waals surface area contributed by atoms with Crippen LogP contribution in [0.5, 0.6) is 0 Å². The molecule has 4 nitrogen and oxygen atoms in total. The molecule has 0 spiro atoms. The van der Waals surface area contributed by atoms with E-state index in [0.717, 1.165) is 0 Å². The molecule has 1 N–H and O–H groups in total. The van der Waals surface area contributed by atoms with Gasteiger partial charge in [-0.3, -0.25) is 0 Å². The lowest BCUT2D eigenvalue weighted by molar-refractivity contribution is 0.0696. The van der Waals surface area contributed by atoms with Gasteiger partial charge < -0.3 is 9.52 Å². The van der Waals surface area contributed by atoms with Crippen molar-refractivity contribution in [1.82, 2.24) is 0 Å². The minimum atomic E-state index is -1.01. The zero-order valence-electron chi connectivity index (χ0n) is 13.9. The SMILES string of the molecule is Cc1c(C(=O)O)cccc1-c1ccc(/C=C(/C#N)c2cccc(F)c2)o1. The molecule has 1 heterocycles. The van der Waals surface area contributed by atoms with E-state index in [1.807, 2.05) is 6.07 Å². The number of aromatic carboxylic acids is 1. The van der Waals surface area contributed by atoms with Gasteiger partial charge in [0.1, 0.15) is 17.3 Å². The number of carboxylic acid groups (broad SMARTS) is 1. The van der Waals surface area contributed by atoms with Crippen molar-refractivity contribution in [2.24, 2.45) is 0 Å². The second kappa shape index (κ2) is 7.08. The van der Waals surface area contributed by atoms with Crippen molar-refractivity contribution in [3.05, 3.63) is 82.9 Å². The van der Waals surface area contributed by atoms with E-state index in [1.54, 1.807) is 37.3 Å². The predicted octanol–water partition coefficient (Wildman–Crippen LogP) is 5.16. The highest BCUT2D eigenvalue weighted by Crippen LogP contribution is 2.29. The maximum atomic E-state index is 13.4. The Morgan fingerprint density at radius 2 is 1.96 bits per heavy atom. The Morgan fingerprint density at radius 1 is 1.19 bits per heavy atom. The van der Waals surface area contributed by atoms with Crippen LogP contribution in [0.1, 0.15) is 27.2 Å². The lowest BCUT2D eigenvalue weighted by atomic mass is 10.0. The Bertz CT molecular complexity index is 1060. The van der Waals surface area contributed by atoms with Gasteiger partial charge in [0.25, 0.3) is 0 Å². The van der Waals surface area contributed by atoms with Crippen molar-refractivity contribution in [2.45, 2.75) is 6.92 Å². The van der Waals surface area contributed by atoms with E-state index in [4.69, 9.17) is 4.42 Å². The first-order chi connectivity index (χ1) is 12.5. The lowest BCUT2D eigenvalue weighted by Crippen LogP contribution is -2.00. The summed E-state index contributed by atoms with van der Waals surface area (Å²) < 4.78 is 19.1. The number of hydrogen-bond donors (Lipinski definition) is 1. The van der Waals surface area contributed by atoms with Crippen LogP contribution >= 0.6 is 0 Å². The van der Waals surface area contributed by atoms with Crippen LogP contribution < -0.4 is 0 Å². The van der Waals surface area contributed by atoms with Crippen LogP contribution in [-0.2, 0) is 0 Å². The number of allylic oxidation sites excluding steroid dienone is 1. The summed E-state index contributed by atoms with van der Waals surface area (Å²) in [5.74, 6) is -0.520. The van der Waals surface area contributed by atoms with Crippen LogP contribution in [-0.4, -0.2) is 11.1 Å². The maximum Gasteiger partial charge on any atom is 0.335 e. The molecule has 2 aromatic carbocycles. The van der Waals surface area contributed by atoms with Crippen LogP contribution in [0.3, 0.4) is 0 Å². The predicted molar refractivity (Wildman–Crippen MR) is 95.7 cm³/mol. The zero-order valence-corrected chi connectivity index (χ0v) is 13.9. The zero-order chi connectivity index (χ0) is 18.7. The minimum Gasteiger partial charge on any atom is -0.478 e. The molecule has 3 rings (SSSR count). The molecule has 128 valence electrons. The van der Waals surface area contributed by atoms with E-state index < -0.39 is 11.8 Å². The second-order valence-corrected chi connectivity index (χ2v) is 5.67. The highest BCUT2D eigenvalue weighted by Gasteiger charge is 2.14. The van der Waals surface area contributed by atoms with Crippen LogP contribution in [0, 0.1) is 24.1 Å². The van der Waals surface area contributed by atoms with E-state index >= 15 is 0 Å². The molecular weight excluding hydrogens is 333 g/mol. The minimum absolute atomic E-state index is 0.202. The molecule has 3 aromatic rings. The van der Waals surface area contributed by atoms with Crippen molar-refractivity contribution < 1.29 is 18.7 Å². The van der Waals surface area contributed by atoms with Gasteiger partial charge in [0, 0.05) is 5.56 Å². The molecule has 0 saturated carbocycles. The average molecular weight is 347 g/mol. The molecule has 0 aliphatic heterocycles. The molecule has 0 radical (unpaired) electrons. The summed E-state index contributed by atoms with van der Waals surface area (Å²) in [6.45, 7) is 1.71. The highest BCUT2D eigenvalue weighted by molar-refractivity contribution is 5.92. The number of hydrogen-bond acceptors (Lipinski definition) is 3. The largest absolute Gasteiger partial charge is 0.478 e. The lowest BCUT2D eigenvalue weighted by Gasteiger charge is -2.06. The second-order valence-electron chi connectivity index (χ2n) is 5.67. The Kier molecular flexibility index (Phi) is 4.68. The van der Waals surface area contributed by atoms with E-state index in [-0.39, 0.29) is 11.1 Å². The van der Waals surface area contributed by atoms with Crippen LogP contribution in [0.4, 0.5) is 4.39 Å². The fourth-order valence-electron chi connectivity index (χ4n) is 2.69. The summed E-state index contributed by atoms with van der Waals surface area (Å²) in [4.78, 5) is 11.3. The highest BCUT2D eigenvalue weighted by atomic mass is 19.1. The molecule has 0 unspecified atom stereocenters. The molecule has 0 amide bonds. The Morgan fingerprint density at radius 3 is 2.65 bits per heavy atom. The van der Waals surface area contributed by atoms with Crippen molar-refractivity contribution in [3.8, 4) is 17.4 Å². The van der Waals surface area contributed by atoms with E-state index in [2.05, 4.69) is 0 Å². The maximum absolute atomic E-state index is 13.4. The Balaban J connectivity index is 1.99.